The van der Waals surface area contributed by atoms with Crippen molar-refractivity contribution in [1.82, 2.24) is 14.5 Å². The van der Waals surface area contributed by atoms with Crippen LogP contribution in [0.1, 0.15) is 17.5 Å². The van der Waals surface area contributed by atoms with Crippen LogP contribution in [0.3, 0.4) is 0 Å². The standard InChI is InChI=1S/C17H16N4/c1-12-4-6-14(7-5-12)16-20-15-10-13(2)11-19-17(15)21(16)9-3-8-18/h4-7,10-11H,3,9H2,1-2H3. The van der Waals surface area contributed by atoms with Gasteiger partial charge in [-0.25, -0.2) is 9.97 Å². The Labute approximate surface area is 123 Å². The summed E-state index contributed by atoms with van der Waals surface area (Å²) >= 11 is 0. The monoisotopic (exact) mass is 276 g/mol. The molecule has 0 unspecified atom stereocenters. The lowest BCUT2D eigenvalue weighted by Crippen LogP contribution is -2.01. The third kappa shape index (κ3) is 2.50. The first-order chi connectivity index (χ1) is 10.2. The van der Waals surface area contributed by atoms with Crippen LogP contribution in [0.4, 0.5) is 0 Å². The Morgan fingerprint density at radius 3 is 2.62 bits per heavy atom. The molecule has 4 nitrogen and oxygen atoms in total. The molecule has 0 radical (unpaired) electrons. The largest absolute Gasteiger partial charge is 0.308 e. The number of imidazole rings is 1. The van der Waals surface area contributed by atoms with Crippen molar-refractivity contribution in [3.8, 4) is 17.5 Å². The summed E-state index contributed by atoms with van der Waals surface area (Å²) in [5.74, 6) is 0.873. The van der Waals surface area contributed by atoms with Crippen LogP contribution in [0.5, 0.6) is 0 Å². The smallest absolute Gasteiger partial charge is 0.160 e. The number of aromatic nitrogens is 3. The summed E-state index contributed by atoms with van der Waals surface area (Å²) < 4.78 is 2.03. The van der Waals surface area contributed by atoms with E-state index in [1.54, 1.807) is 0 Å². The highest BCUT2D eigenvalue weighted by molar-refractivity contribution is 5.77. The van der Waals surface area contributed by atoms with Crippen LogP contribution >= 0.6 is 0 Å². The zero-order valence-electron chi connectivity index (χ0n) is 12.2. The first-order valence-electron chi connectivity index (χ1n) is 6.96. The molecular weight excluding hydrogens is 260 g/mol. The van der Waals surface area contributed by atoms with Crippen LogP contribution in [-0.4, -0.2) is 14.5 Å². The summed E-state index contributed by atoms with van der Waals surface area (Å²) in [7, 11) is 0. The van der Waals surface area contributed by atoms with Gasteiger partial charge in [0, 0.05) is 18.3 Å². The lowest BCUT2D eigenvalue weighted by molar-refractivity contribution is 0.737. The molecule has 0 aliphatic heterocycles. The molecule has 0 aliphatic carbocycles. The molecule has 0 saturated carbocycles. The Morgan fingerprint density at radius 1 is 1.14 bits per heavy atom. The van der Waals surface area contributed by atoms with Crippen molar-refractivity contribution in [1.29, 1.82) is 5.26 Å². The number of hydrogen-bond acceptors (Lipinski definition) is 3. The van der Waals surface area contributed by atoms with Crippen LogP contribution in [-0.2, 0) is 6.54 Å². The van der Waals surface area contributed by atoms with Crippen LogP contribution in [0.25, 0.3) is 22.6 Å². The minimum atomic E-state index is 0.444. The third-order valence-electron chi connectivity index (χ3n) is 3.48. The summed E-state index contributed by atoms with van der Waals surface area (Å²) in [4.78, 5) is 9.21. The van der Waals surface area contributed by atoms with Gasteiger partial charge in [0.2, 0.25) is 0 Å². The lowest BCUT2D eigenvalue weighted by Gasteiger charge is -2.06. The van der Waals surface area contributed by atoms with Gasteiger partial charge in [-0.3, -0.25) is 0 Å². The van der Waals surface area contributed by atoms with E-state index in [4.69, 9.17) is 10.2 Å². The zero-order valence-corrected chi connectivity index (χ0v) is 12.2. The van der Waals surface area contributed by atoms with E-state index in [1.165, 1.54) is 5.56 Å². The van der Waals surface area contributed by atoms with Gasteiger partial charge in [0.1, 0.15) is 11.3 Å². The molecule has 104 valence electrons. The SMILES string of the molecule is Cc1ccc(-c2nc3cc(C)cnc3n2CCC#N)cc1. The molecule has 0 aliphatic rings. The maximum absolute atomic E-state index is 8.87. The lowest BCUT2D eigenvalue weighted by atomic mass is 10.1. The third-order valence-corrected chi connectivity index (χ3v) is 3.48. The average molecular weight is 276 g/mol. The summed E-state index contributed by atoms with van der Waals surface area (Å²) in [6.07, 6.45) is 2.28. The molecule has 0 fully saturated rings. The molecule has 3 aromatic rings. The molecule has 2 aromatic heterocycles. The minimum Gasteiger partial charge on any atom is -0.308 e. The number of benzene rings is 1. The molecular formula is C17H16N4. The Kier molecular flexibility index (Phi) is 3.41. The number of fused-ring (bicyclic) bond motifs is 1. The predicted molar refractivity (Wildman–Crippen MR) is 82.7 cm³/mol. The quantitative estimate of drug-likeness (QED) is 0.734. The van der Waals surface area contributed by atoms with Crippen molar-refractivity contribution >= 4 is 11.2 Å². The van der Waals surface area contributed by atoms with Gasteiger partial charge in [0.15, 0.2) is 5.65 Å². The van der Waals surface area contributed by atoms with Gasteiger partial charge < -0.3 is 4.57 Å². The van der Waals surface area contributed by atoms with E-state index < -0.39 is 0 Å². The molecule has 0 bridgehead atoms. The Bertz CT molecular complexity index is 822. The fourth-order valence-electron chi connectivity index (χ4n) is 2.41. The van der Waals surface area contributed by atoms with Crippen molar-refractivity contribution in [2.75, 3.05) is 0 Å². The van der Waals surface area contributed by atoms with E-state index in [-0.39, 0.29) is 0 Å². The molecule has 0 spiro atoms. The maximum Gasteiger partial charge on any atom is 0.160 e. The number of rotatable bonds is 3. The maximum atomic E-state index is 8.87. The number of hydrogen-bond donors (Lipinski definition) is 0. The second kappa shape index (κ2) is 5.37. The molecule has 2 heterocycles. The molecule has 0 saturated heterocycles. The Balaban J connectivity index is 2.20. The molecule has 0 N–H and O–H groups in total. The first kappa shape index (κ1) is 13.3. The van der Waals surface area contributed by atoms with Gasteiger partial charge >= 0.3 is 0 Å². The Morgan fingerprint density at radius 2 is 1.90 bits per heavy atom. The number of aryl methyl sites for hydroxylation is 3. The second-order valence-electron chi connectivity index (χ2n) is 5.22. The van der Waals surface area contributed by atoms with Crippen LogP contribution < -0.4 is 0 Å². The number of nitriles is 1. The van der Waals surface area contributed by atoms with Gasteiger partial charge in [-0.2, -0.15) is 5.26 Å². The summed E-state index contributed by atoms with van der Waals surface area (Å²) in [5.41, 5.74) is 5.07. The van der Waals surface area contributed by atoms with Crippen molar-refractivity contribution < 1.29 is 0 Å². The van der Waals surface area contributed by atoms with Gasteiger partial charge in [0.05, 0.1) is 12.5 Å². The Hall–Kier alpha value is -2.67. The highest BCUT2D eigenvalue weighted by Gasteiger charge is 2.13. The summed E-state index contributed by atoms with van der Waals surface area (Å²) in [6, 6.07) is 12.5. The zero-order chi connectivity index (χ0) is 14.8. The van der Waals surface area contributed by atoms with E-state index in [0.29, 0.717) is 13.0 Å². The van der Waals surface area contributed by atoms with Crippen LogP contribution in [0.15, 0.2) is 36.5 Å². The molecule has 1 aromatic carbocycles. The highest BCUT2D eigenvalue weighted by Crippen LogP contribution is 2.24. The fraction of sp³-hybridized carbons (Fsp3) is 0.235. The normalized spacial score (nSPS) is 10.7. The average Bonchev–Trinajstić information content (AvgIpc) is 2.83. The van der Waals surface area contributed by atoms with Gasteiger partial charge in [0.25, 0.3) is 0 Å². The molecule has 0 amide bonds. The predicted octanol–water partition coefficient (Wildman–Crippen LogP) is 3.63. The second-order valence-corrected chi connectivity index (χ2v) is 5.22. The topological polar surface area (TPSA) is 54.5 Å². The highest BCUT2D eigenvalue weighted by atomic mass is 15.1. The van der Waals surface area contributed by atoms with E-state index in [9.17, 15) is 0 Å². The molecule has 4 heteroatoms. The first-order valence-corrected chi connectivity index (χ1v) is 6.96. The van der Waals surface area contributed by atoms with Crippen molar-refractivity contribution in [3.05, 3.63) is 47.7 Å². The van der Waals surface area contributed by atoms with Crippen molar-refractivity contribution in [3.63, 3.8) is 0 Å². The number of pyridine rings is 1. The molecule has 0 atom stereocenters. The van der Waals surface area contributed by atoms with Crippen LogP contribution in [0.2, 0.25) is 0 Å². The van der Waals surface area contributed by atoms with E-state index in [2.05, 4.69) is 42.2 Å². The summed E-state index contributed by atoms with van der Waals surface area (Å²) in [5, 5.41) is 8.87. The molecule has 21 heavy (non-hydrogen) atoms. The van der Waals surface area contributed by atoms with Crippen molar-refractivity contribution in [2.45, 2.75) is 26.8 Å². The summed E-state index contributed by atoms with van der Waals surface area (Å²) in [6.45, 7) is 4.67. The van der Waals surface area contributed by atoms with Gasteiger partial charge in [-0.15, -0.1) is 0 Å². The van der Waals surface area contributed by atoms with E-state index in [0.717, 1.165) is 28.1 Å². The molecule has 3 rings (SSSR count). The van der Waals surface area contributed by atoms with E-state index >= 15 is 0 Å². The number of nitrogens with zero attached hydrogens (tertiary/aromatic N) is 4. The van der Waals surface area contributed by atoms with Gasteiger partial charge in [-0.05, 0) is 25.5 Å². The van der Waals surface area contributed by atoms with Gasteiger partial charge in [-0.1, -0.05) is 29.8 Å². The fourth-order valence-corrected chi connectivity index (χ4v) is 2.41. The van der Waals surface area contributed by atoms with E-state index in [1.807, 2.05) is 23.8 Å². The van der Waals surface area contributed by atoms with Crippen LogP contribution in [0, 0.1) is 25.2 Å². The minimum absolute atomic E-state index is 0.444. The van der Waals surface area contributed by atoms with Crippen molar-refractivity contribution in [2.24, 2.45) is 0 Å².